The molecule has 6 rings (SSSR count). The fraction of sp³-hybridized carbons (Fsp3) is 0. The van der Waals surface area contributed by atoms with Crippen LogP contribution in [0.4, 0.5) is 0 Å². The molecule has 0 aliphatic heterocycles. The van der Waals surface area contributed by atoms with E-state index >= 15 is 0 Å². The second kappa shape index (κ2) is 7.14. The van der Waals surface area contributed by atoms with E-state index in [0.29, 0.717) is 11.1 Å². The van der Waals surface area contributed by atoms with Crippen LogP contribution in [0, 0.1) is 0 Å². The van der Waals surface area contributed by atoms with E-state index in [2.05, 4.69) is 36.4 Å². The maximum absolute atomic E-state index is 12.3. The third-order valence-corrected chi connectivity index (χ3v) is 6.38. The van der Waals surface area contributed by atoms with Crippen molar-refractivity contribution in [3.05, 3.63) is 108 Å². The summed E-state index contributed by atoms with van der Waals surface area (Å²) in [5, 5.41) is 8.24. The molecule has 0 heterocycles. The maximum atomic E-state index is 12.3. The normalized spacial score (nSPS) is 11.4. The summed E-state index contributed by atoms with van der Waals surface area (Å²) in [4.78, 5) is 24.6. The lowest BCUT2D eigenvalue weighted by Crippen LogP contribution is -1.96. The van der Waals surface area contributed by atoms with Crippen molar-refractivity contribution in [3.63, 3.8) is 0 Å². The van der Waals surface area contributed by atoms with E-state index in [1.165, 1.54) is 0 Å². The van der Waals surface area contributed by atoms with Gasteiger partial charge in [0.05, 0.1) is 0 Å². The van der Waals surface area contributed by atoms with Crippen molar-refractivity contribution in [2.75, 3.05) is 0 Å². The van der Waals surface area contributed by atoms with Gasteiger partial charge in [-0.15, -0.1) is 0 Å². The Balaban J connectivity index is 1.67. The first kappa shape index (κ1) is 18.5. The zero-order chi connectivity index (χ0) is 21.7. The van der Waals surface area contributed by atoms with Crippen LogP contribution in [0.1, 0.15) is 20.7 Å². The third-order valence-electron chi connectivity index (χ3n) is 6.38. The average molecular weight is 410 g/mol. The molecule has 0 aliphatic carbocycles. The number of hydrogen-bond donors (Lipinski definition) is 0. The molecule has 0 spiro atoms. The summed E-state index contributed by atoms with van der Waals surface area (Å²) < 4.78 is 0. The Kier molecular flexibility index (Phi) is 4.12. The maximum Gasteiger partial charge on any atom is 0.151 e. The minimum absolute atomic E-state index is 0.608. The smallest absolute Gasteiger partial charge is 0.151 e. The number of fused-ring (bicyclic) bond motifs is 4. The van der Waals surface area contributed by atoms with Crippen LogP contribution in [-0.2, 0) is 0 Å². The molecule has 0 radical (unpaired) electrons. The van der Waals surface area contributed by atoms with Crippen LogP contribution in [-0.4, -0.2) is 12.6 Å². The Morgan fingerprint density at radius 1 is 0.406 bits per heavy atom. The Bertz CT molecular complexity index is 1580. The fourth-order valence-corrected chi connectivity index (χ4v) is 4.80. The van der Waals surface area contributed by atoms with Crippen LogP contribution in [0.15, 0.2) is 97.1 Å². The number of hydrogen-bond acceptors (Lipinski definition) is 2. The number of carbonyl (C=O) groups is 2. The van der Waals surface area contributed by atoms with Gasteiger partial charge in [0.2, 0.25) is 0 Å². The second-order valence-corrected chi connectivity index (χ2v) is 8.13. The molecule has 0 saturated heterocycles. The number of benzene rings is 6. The molecule has 0 aliphatic rings. The van der Waals surface area contributed by atoms with E-state index in [1.54, 1.807) is 0 Å². The van der Waals surface area contributed by atoms with Gasteiger partial charge in [0.1, 0.15) is 0 Å². The summed E-state index contributed by atoms with van der Waals surface area (Å²) in [5.74, 6) is 0. The summed E-state index contributed by atoms with van der Waals surface area (Å²) >= 11 is 0. The molecule has 2 heteroatoms. The van der Waals surface area contributed by atoms with E-state index in [4.69, 9.17) is 0 Å². The first-order valence-electron chi connectivity index (χ1n) is 10.6. The van der Waals surface area contributed by atoms with Gasteiger partial charge in [0, 0.05) is 11.1 Å². The SMILES string of the molecule is O=Cc1c(-c2ccc3cc4ccccc4cc3c2C=O)ccc2cc3ccccc3cc12. The molecule has 6 aromatic carbocycles. The second-order valence-electron chi connectivity index (χ2n) is 8.13. The Hall–Kier alpha value is -4.30. The van der Waals surface area contributed by atoms with Crippen LogP contribution in [0.25, 0.3) is 54.2 Å². The molecule has 0 N–H and O–H groups in total. The molecule has 0 aromatic heterocycles. The van der Waals surface area contributed by atoms with Crippen molar-refractivity contribution < 1.29 is 9.59 Å². The van der Waals surface area contributed by atoms with E-state index in [1.807, 2.05) is 60.7 Å². The van der Waals surface area contributed by atoms with Gasteiger partial charge < -0.3 is 0 Å². The quantitative estimate of drug-likeness (QED) is 0.222. The molecule has 0 saturated carbocycles. The highest BCUT2D eigenvalue weighted by Gasteiger charge is 2.15. The third kappa shape index (κ3) is 2.74. The highest BCUT2D eigenvalue weighted by atomic mass is 16.1. The lowest BCUT2D eigenvalue weighted by atomic mass is 9.88. The van der Waals surface area contributed by atoms with Crippen LogP contribution >= 0.6 is 0 Å². The summed E-state index contributed by atoms with van der Waals surface area (Å²) in [6.45, 7) is 0. The lowest BCUT2D eigenvalue weighted by molar-refractivity contribution is 0.111. The Labute approximate surface area is 184 Å². The van der Waals surface area contributed by atoms with E-state index in [-0.39, 0.29) is 0 Å². The van der Waals surface area contributed by atoms with Crippen LogP contribution in [0.2, 0.25) is 0 Å². The first-order valence-corrected chi connectivity index (χ1v) is 10.6. The molecular weight excluding hydrogens is 392 g/mol. The van der Waals surface area contributed by atoms with Crippen LogP contribution in [0.3, 0.4) is 0 Å². The summed E-state index contributed by atoms with van der Waals surface area (Å²) in [7, 11) is 0. The predicted octanol–water partition coefficient (Wildman–Crippen LogP) is 7.59. The van der Waals surface area contributed by atoms with Crippen molar-refractivity contribution in [1.29, 1.82) is 0 Å². The minimum Gasteiger partial charge on any atom is -0.298 e. The van der Waals surface area contributed by atoms with Gasteiger partial charge in [-0.05, 0) is 78.5 Å². The predicted molar refractivity (Wildman–Crippen MR) is 133 cm³/mol. The molecule has 0 unspecified atom stereocenters. The van der Waals surface area contributed by atoms with Gasteiger partial charge >= 0.3 is 0 Å². The highest BCUT2D eigenvalue weighted by Crippen LogP contribution is 2.36. The lowest BCUT2D eigenvalue weighted by Gasteiger charge is -2.14. The van der Waals surface area contributed by atoms with Crippen LogP contribution < -0.4 is 0 Å². The van der Waals surface area contributed by atoms with Crippen molar-refractivity contribution >= 4 is 55.7 Å². The highest BCUT2D eigenvalue weighted by molar-refractivity contribution is 6.14. The van der Waals surface area contributed by atoms with E-state index < -0.39 is 0 Å². The zero-order valence-corrected chi connectivity index (χ0v) is 17.2. The van der Waals surface area contributed by atoms with Crippen molar-refractivity contribution in [2.24, 2.45) is 0 Å². The van der Waals surface area contributed by atoms with Gasteiger partial charge in [0.25, 0.3) is 0 Å². The van der Waals surface area contributed by atoms with Gasteiger partial charge in [-0.25, -0.2) is 0 Å². The van der Waals surface area contributed by atoms with Gasteiger partial charge in [0.15, 0.2) is 12.6 Å². The van der Waals surface area contributed by atoms with Gasteiger partial charge in [-0.1, -0.05) is 72.8 Å². The van der Waals surface area contributed by atoms with E-state index in [0.717, 1.165) is 66.8 Å². The molecule has 150 valence electrons. The largest absolute Gasteiger partial charge is 0.298 e. The molecule has 6 aromatic rings. The molecule has 2 nitrogen and oxygen atoms in total. The Morgan fingerprint density at radius 3 is 1.16 bits per heavy atom. The summed E-state index contributed by atoms with van der Waals surface area (Å²) in [6, 6.07) is 32.6. The number of rotatable bonds is 3. The molecular formula is C30H18O2. The zero-order valence-electron chi connectivity index (χ0n) is 17.2. The molecule has 0 atom stereocenters. The number of aldehydes is 2. The minimum atomic E-state index is 0.608. The Morgan fingerprint density at radius 2 is 0.781 bits per heavy atom. The monoisotopic (exact) mass is 410 g/mol. The topological polar surface area (TPSA) is 34.1 Å². The molecule has 0 amide bonds. The first-order chi connectivity index (χ1) is 15.8. The van der Waals surface area contributed by atoms with Crippen molar-refractivity contribution in [3.8, 4) is 11.1 Å². The van der Waals surface area contributed by atoms with Crippen molar-refractivity contribution in [1.82, 2.24) is 0 Å². The van der Waals surface area contributed by atoms with Gasteiger partial charge in [-0.2, -0.15) is 0 Å². The standard InChI is InChI=1S/C30H18O2/c31-17-29-25(11-9-23-13-19-5-1-3-7-21(19)15-27(23)29)26-12-10-24-14-20-6-2-4-8-22(20)16-28(24)30(26)18-32/h1-18H. The van der Waals surface area contributed by atoms with Crippen molar-refractivity contribution in [2.45, 2.75) is 0 Å². The summed E-state index contributed by atoms with van der Waals surface area (Å²) in [6.07, 6.45) is 1.82. The molecule has 0 fully saturated rings. The summed E-state index contributed by atoms with van der Waals surface area (Å²) in [5.41, 5.74) is 2.77. The average Bonchev–Trinajstić information content (AvgIpc) is 2.84. The molecule has 32 heavy (non-hydrogen) atoms. The van der Waals surface area contributed by atoms with Gasteiger partial charge in [-0.3, -0.25) is 9.59 Å². The van der Waals surface area contributed by atoms with E-state index in [9.17, 15) is 9.59 Å². The number of carbonyl (C=O) groups excluding carboxylic acids is 2. The fourth-order valence-electron chi connectivity index (χ4n) is 4.80. The molecule has 0 bridgehead atoms. The van der Waals surface area contributed by atoms with Crippen LogP contribution in [0.5, 0.6) is 0 Å².